The molecular weight excluding hydrogens is 316 g/mol. The van der Waals surface area contributed by atoms with E-state index >= 15 is 0 Å². The summed E-state index contributed by atoms with van der Waals surface area (Å²) in [4.78, 5) is 24.6. The minimum Gasteiger partial charge on any atom is -0.267 e. The topological polar surface area (TPSA) is 44.0 Å². The average molecular weight is 339 g/mol. The van der Waals surface area contributed by atoms with Crippen LogP contribution in [0, 0.1) is 0 Å². The lowest BCUT2D eigenvalue weighted by Gasteiger charge is -2.14. The molecule has 0 unspecified atom stereocenters. The van der Waals surface area contributed by atoms with Crippen LogP contribution < -0.4 is 11.1 Å². The van der Waals surface area contributed by atoms with E-state index in [1.165, 1.54) is 21.1 Å². The van der Waals surface area contributed by atoms with E-state index in [1.54, 1.807) is 0 Å². The number of rotatable bonds is 4. The molecule has 0 aliphatic heterocycles. The van der Waals surface area contributed by atoms with Crippen LogP contribution in [0.2, 0.25) is 0 Å². The molecule has 4 nitrogen and oxygen atoms in total. The van der Waals surface area contributed by atoms with E-state index < -0.39 is 0 Å². The summed E-state index contributed by atoms with van der Waals surface area (Å²) in [6, 6.07) is 0. The first kappa shape index (κ1) is 19.8. The van der Waals surface area contributed by atoms with Gasteiger partial charge in [-0.2, -0.15) is 0 Å². The van der Waals surface area contributed by atoms with Crippen LogP contribution in [-0.2, 0) is 13.1 Å². The smallest absolute Gasteiger partial charge is 0.267 e. The molecule has 0 amide bonds. The van der Waals surface area contributed by atoms with Gasteiger partial charge in [0, 0.05) is 13.1 Å². The first-order valence-corrected chi connectivity index (χ1v) is 7.02. The highest BCUT2D eigenvalue weighted by Crippen LogP contribution is 2.20. The number of halogens is 1. The zero-order valence-electron chi connectivity index (χ0n) is 9.62. The Balaban J connectivity index is 0. The zero-order chi connectivity index (χ0) is 12.3. The molecule has 0 atom stereocenters. The summed E-state index contributed by atoms with van der Waals surface area (Å²) in [5.74, 6) is 0.771. The van der Waals surface area contributed by atoms with Crippen LogP contribution in [0.25, 0.3) is 0 Å². The van der Waals surface area contributed by atoms with Crippen molar-refractivity contribution in [2.24, 2.45) is 0 Å². The van der Waals surface area contributed by atoms with Gasteiger partial charge in [0.15, 0.2) is 0 Å². The van der Waals surface area contributed by atoms with E-state index in [1.807, 2.05) is 20.8 Å². The summed E-state index contributed by atoms with van der Waals surface area (Å²) in [6.45, 7) is 6.68. The Kier molecular flexibility index (Phi) is 9.46. The molecule has 0 aliphatic carbocycles. The minimum atomic E-state index is -0.139. The van der Waals surface area contributed by atoms with Crippen LogP contribution in [0.5, 0.6) is 0 Å². The molecule has 0 radical (unpaired) electrons. The Morgan fingerprint density at radius 2 is 1.44 bits per heavy atom. The maximum atomic E-state index is 12.1. The van der Waals surface area contributed by atoms with Gasteiger partial charge in [-0.25, -0.2) is 9.36 Å². The molecule has 0 saturated heterocycles. The monoisotopic (exact) mass is 338 g/mol. The molecule has 0 spiro atoms. The van der Waals surface area contributed by atoms with Crippen LogP contribution in [0.15, 0.2) is 19.0 Å². The summed E-state index contributed by atoms with van der Waals surface area (Å²) in [7, 11) is 0. The van der Waals surface area contributed by atoms with Gasteiger partial charge < -0.3 is 0 Å². The zero-order valence-corrected chi connectivity index (χ0v) is 12.0. The second-order valence-electron chi connectivity index (χ2n) is 3.12. The van der Waals surface area contributed by atoms with Crippen molar-refractivity contribution in [3.05, 3.63) is 25.2 Å². The molecular formula is C12H23BrN2O2S. The van der Waals surface area contributed by atoms with Gasteiger partial charge in [-0.15, -0.1) is 11.8 Å². The minimum absolute atomic E-state index is 0. The van der Waals surface area contributed by atoms with Crippen molar-refractivity contribution in [1.82, 2.24) is 9.36 Å². The highest BCUT2D eigenvalue weighted by molar-refractivity contribution is 9.10. The van der Waals surface area contributed by atoms with Gasteiger partial charge in [0.05, 0.1) is 4.90 Å². The van der Waals surface area contributed by atoms with E-state index in [9.17, 15) is 9.59 Å². The summed E-state index contributed by atoms with van der Waals surface area (Å²) >= 11 is 4.62. The highest BCUT2D eigenvalue weighted by Gasteiger charge is 2.15. The number of aromatic nitrogens is 2. The molecule has 6 heteroatoms. The lowest BCUT2D eigenvalue weighted by Crippen LogP contribution is -2.39. The van der Waals surface area contributed by atoms with Gasteiger partial charge >= 0.3 is 0 Å². The molecule has 1 heterocycles. The first-order chi connectivity index (χ1) is 7.58. The third-order valence-electron chi connectivity index (χ3n) is 2.23. The van der Waals surface area contributed by atoms with E-state index in [4.69, 9.17) is 0 Å². The van der Waals surface area contributed by atoms with Crippen molar-refractivity contribution in [2.75, 3.05) is 5.75 Å². The van der Waals surface area contributed by atoms with Gasteiger partial charge in [0.2, 0.25) is 0 Å². The number of hydrogen-bond acceptors (Lipinski definition) is 3. The Morgan fingerprint density at radius 1 is 1.00 bits per heavy atom. The molecule has 0 aliphatic rings. The maximum Gasteiger partial charge on any atom is 0.280 e. The summed E-state index contributed by atoms with van der Waals surface area (Å²) in [5.41, 5.74) is -0.234. The lowest BCUT2D eigenvalue weighted by atomic mass is 10.5. The van der Waals surface area contributed by atoms with Gasteiger partial charge in [-0.3, -0.25) is 9.59 Å². The number of thioether (sulfide) groups is 1. The Morgan fingerprint density at radius 3 is 1.83 bits per heavy atom. The summed E-state index contributed by atoms with van der Waals surface area (Å²) in [5, 5.41) is 0. The van der Waals surface area contributed by atoms with Crippen molar-refractivity contribution in [1.29, 1.82) is 0 Å². The van der Waals surface area contributed by atoms with Gasteiger partial charge in [0.1, 0.15) is 4.47 Å². The van der Waals surface area contributed by atoms with Gasteiger partial charge in [-0.1, -0.05) is 21.8 Å². The maximum absolute atomic E-state index is 12.1. The first-order valence-electron chi connectivity index (χ1n) is 5.24. The quantitative estimate of drug-likeness (QED) is 0.792. The molecule has 0 bridgehead atoms. The third kappa shape index (κ3) is 3.51. The summed E-state index contributed by atoms with van der Waals surface area (Å²) in [6.07, 6.45) is 0. The third-order valence-corrected chi connectivity index (χ3v) is 4.18. The van der Waals surface area contributed by atoms with Crippen LogP contribution >= 0.6 is 27.7 Å². The van der Waals surface area contributed by atoms with Crippen molar-refractivity contribution < 1.29 is 0 Å². The van der Waals surface area contributed by atoms with Crippen molar-refractivity contribution in [3.8, 4) is 0 Å². The van der Waals surface area contributed by atoms with Gasteiger partial charge in [0.25, 0.3) is 11.1 Å². The SMILES string of the molecule is C.C.CCSc1c(Br)c(=O)n(CC)n(CC)c1=O. The Labute approximate surface area is 122 Å². The standard InChI is InChI=1S/C10H15BrN2O2S.2CH4/c1-4-12-9(14)7(11)8(16-6-3)10(15)13(12)5-2;;/h4-6H2,1-3H3;2*1H4. The molecule has 18 heavy (non-hydrogen) atoms. The molecule has 0 saturated carbocycles. The second kappa shape index (κ2) is 8.58. The predicted molar refractivity (Wildman–Crippen MR) is 83.9 cm³/mol. The highest BCUT2D eigenvalue weighted by atomic mass is 79.9. The lowest BCUT2D eigenvalue weighted by molar-refractivity contribution is 0.432. The van der Waals surface area contributed by atoms with Crippen molar-refractivity contribution >= 4 is 27.7 Å². The molecule has 106 valence electrons. The fourth-order valence-electron chi connectivity index (χ4n) is 1.54. The second-order valence-corrected chi connectivity index (χ2v) is 5.19. The van der Waals surface area contributed by atoms with Crippen LogP contribution in [0.1, 0.15) is 35.6 Å². The summed E-state index contributed by atoms with van der Waals surface area (Å²) < 4.78 is 3.34. The van der Waals surface area contributed by atoms with E-state index in [0.29, 0.717) is 22.5 Å². The number of hydrogen-bond donors (Lipinski definition) is 0. The van der Waals surface area contributed by atoms with Crippen LogP contribution in [-0.4, -0.2) is 15.1 Å². The number of nitrogens with zero attached hydrogens (tertiary/aromatic N) is 2. The van der Waals surface area contributed by atoms with Gasteiger partial charge in [-0.05, 0) is 35.5 Å². The normalized spacial score (nSPS) is 9.56. The molecule has 0 aromatic carbocycles. The molecule has 0 N–H and O–H groups in total. The van der Waals surface area contributed by atoms with Crippen molar-refractivity contribution in [2.45, 2.75) is 53.6 Å². The van der Waals surface area contributed by atoms with E-state index in [2.05, 4.69) is 15.9 Å². The molecule has 1 aromatic rings. The van der Waals surface area contributed by atoms with Crippen molar-refractivity contribution in [3.63, 3.8) is 0 Å². The van der Waals surface area contributed by atoms with Crippen LogP contribution in [0.3, 0.4) is 0 Å². The fourth-order valence-corrected chi connectivity index (χ4v) is 2.99. The Bertz CT molecular complexity index is 494. The van der Waals surface area contributed by atoms with E-state index in [0.717, 1.165) is 5.75 Å². The van der Waals surface area contributed by atoms with E-state index in [-0.39, 0.29) is 26.0 Å². The predicted octanol–water partition coefficient (Wildman–Crippen LogP) is 3.20. The molecule has 0 fully saturated rings. The molecule has 1 aromatic heterocycles. The molecule has 1 rings (SSSR count). The fraction of sp³-hybridized carbons (Fsp3) is 0.667. The Hall–Kier alpha value is -0.490. The largest absolute Gasteiger partial charge is 0.280 e. The van der Waals surface area contributed by atoms with Crippen LogP contribution in [0.4, 0.5) is 0 Å². The average Bonchev–Trinajstić information content (AvgIpc) is 2.29.